The van der Waals surface area contributed by atoms with Crippen molar-refractivity contribution in [2.24, 2.45) is 0 Å². The lowest BCUT2D eigenvalue weighted by Crippen LogP contribution is -2.15. The molecule has 5 nitrogen and oxygen atoms in total. The molecule has 0 aliphatic rings. The van der Waals surface area contributed by atoms with Crippen molar-refractivity contribution in [3.8, 4) is 0 Å². The Morgan fingerprint density at radius 1 is 0.931 bits per heavy atom. The van der Waals surface area contributed by atoms with Crippen molar-refractivity contribution < 1.29 is 13.2 Å². The number of hydrogen-bond donors (Lipinski definition) is 2. The van der Waals surface area contributed by atoms with E-state index in [2.05, 4.69) is 10.0 Å². The minimum absolute atomic E-state index is 0.120. The molecule has 0 fully saturated rings. The van der Waals surface area contributed by atoms with Crippen molar-refractivity contribution in [1.29, 1.82) is 0 Å². The first-order valence-electron chi connectivity index (χ1n) is 8.97. The highest BCUT2D eigenvalue weighted by Crippen LogP contribution is 2.22. The fourth-order valence-electron chi connectivity index (χ4n) is 2.76. The van der Waals surface area contributed by atoms with Gasteiger partial charge in [-0.25, -0.2) is 8.42 Å². The van der Waals surface area contributed by atoms with Gasteiger partial charge in [0.2, 0.25) is 5.91 Å². The summed E-state index contributed by atoms with van der Waals surface area (Å²) in [7, 11) is -3.73. The maximum Gasteiger partial charge on any atom is 0.261 e. The van der Waals surface area contributed by atoms with Gasteiger partial charge in [0.15, 0.2) is 0 Å². The standard InChI is InChI=1S/C22H21ClN2O3S/c1-15-3-4-16(2)21(13-15)25-29(27,28)20-11-9-19(10-12-20)24-22(26)14-17-5-7-18(23)8-6-17/h3-13,25H,14H2,1-2H3,(H,24,26). The Morgan fingerprint density at radius 2 is 1.59 bits per heavy atom. The Labute approximate surface area is 175 Å². The molecule has 0 spiro atoms. The van der Waals surface area contributed by atoms with Crippen molar-refractivity contribution in [2.45, 2.75) is 25.2 Å². The van der Waals surface area contributed by atoms with Crippen molar-refractivity contribution in [2.75, 3.05) is 10.0 Å². The van der Waals surface area contributed by atoms with E-state index in [1.165, 1.54) is 12.1 Å². The summed E-state index contributed by atoms with van der Waals surface area (Å²) in [4.78, 5) is 12.3. The fourth-order valence-corrected chi connectivity index (χ4v) is 4.01. The van der Waals surface area contributed by atoms with Crippen molar-refractivity contribution >= 4 is 38.9 Å². The van der Waals surface area contributed by atoms with Crippen molar-refractivity contribution in [3.63, 3.8) is 0 Å². The number of benzene rings is 3. The number of hydrogen-bond acceptors (Lipinski definition) is 3. The van der Waals surface area contributed by atoms with Gasteiger partial charge in [-0.05, 0) is 73.0 Å². The van der Waals surface area contributed by atoms with E-state index in [4.69, 9.17) is 11.6 Å². The van der Waals surface area contributed by atoms with Crippen LogP contribution in [-0.2, 0) is 21.2 Å². The van der Waals surface area contributed by atoms with E-state index in [0.717, 1.165) is 16.7 Å². The first-order chi connectivity index (χ1) is 13.7. The lowest BCUT2D eigenvalue weighted by molar-refractivity contribution is -0.115. The first-order valence-corrected chi connectivity index (χ1v) is 10.8. The molecule has 3 aromatic rings. The van der Waals surface area contributed by atoms with Crippen LogP contribution in [-0.4, -0.2) is 14.3 Å². The Morgan fingerprint density at radius 3 is 2.24 bits per heavy atom. The number of nitrogens with one attached hydrogen (secondary N) is 2. The van der Waals surface area contributed by atoms with E-state index in [1.54, 1.807) is 42.5 Å². The van der Waals surface area contributed by atoms with Gasteiger partial charge in [0.05, 0.1) is 17.0 Å². The van der Waals surface area contributed by atoms with Crippen LogP contribution in [0.3, 0.4) is 0 Å². The molecule has 0 bridgehead atoms. The van der Waals surface area contributed by atoms with Gasteiger partial charge >= 0.3 is 0 Å². The molecule has 0 aliphatic carbocycles. The Kier molecular flexibility index (Phi) is 6.25. The quantitative estimate of drug-likeness (QED) is 0.584. The monoisotopic (exact) mass is 428 g/mol. The van der Waals surface area contributed by atoms with Crippen LogP contribution in [0.1, 0.15) is 16.7 Å². The third kappa shape index (κ3) is 5.59. The number of aryl methyl sites for hydroxylation is 2. The van der Waals surface area contributed by atoms with Crippen LogP contribution in [0.5, 0.6) is 0 Å². The van der Waals surface area contributed by atoms with E-state index in [9.17, 15) is 13.2 Å². The van der Waals surface area contributed by atoms with Gasteiger partial charge in [0, 0.05) is 10.7 Å². The van der Waals surface area contributed by atoms with E-state index in [1.807, 2.05) is 26.0 Å². The average molecular weight is 429 g/mol. The van der Waals surface area contributed by atoms with Crippen LogP contribution in [0, 0.1) is 13.8 Å². The Balaban J connectivity index is 1.68. The van der Waals surface area contributed by atoms with E-state index < -0.39 is 10.0 Å². The maximum atomic E-state index is 12.7. The summed E-state index contributed by atoms with van der Waals surface area (Å²) in [5.41, 5.74) is 3.71. The summed E-state index contributed by atoms with van der Waals surface area (Å²) in [5.74, 6) is -0.198. The van der Waals surface area contributed by atoms with Crippen LogP contribution in [0.25, 0.3) is 0 Å². The average Bonchev–Trinajstić information content (AvgIpc) is 2.67. The maximum absolute atomic E-state index is 12.7. The molecule has 0 heterocycles. The molecule has 0 aromatic heterocycles. The molecule has 0 saturated carbocycles. The third-order valence-corrected chi connectivity index (χ3v) is 6.00. The van der Waals surface area contributed by atoms with Gasteiger partial charge in [-0.3, -0.25) is 9.52 Å². The van der Waals surface area contributed by atoms with E-state index in [0.29, 0.717) is 16.4 Å². The SMILES string of the molecule is Cc1ccc(C)c(NS(=O)(=O)c2ccc(NC(=O)Cc3ccc(Cl)cc3)cc2)c1. The fraction of sp³-hybridized carbons (Fsp3) is 0.136. The highest BCUT2D eigenvalue weighted by Gasteiger charge is 2.15. The molecule has 29 heavy (non-hydrogen) atoms. The van der Waals surface area contributed by atoms with Crippen molar-refractivity contribution in [3.05, 3.63) is 88.4 Å². The molecule has 3 rings (SSSR count). The molecule has 2 N–H and O–H groups in total. The number of anilines is 2. The molecule has 7 heteroatoms. The summed E-state index contributed by atoms with van der Waals surface area (Å²) in [6.45, 7) is 3.75. The minimum Gasteiger partial charge on any atom is -0.326 e. The predicted molar refractivity (Wildman–Crippen MR) is 117 cm³/mol. The van der Waals surface area contributed by atoms with E-state index in [-0.39, 0.29) is 17.2 Å². The zero-order chi connectivity index (χ0) is 21.0. The molecular weight excluding hydrogens is 408 g/mol. The van der Waals surface area contributed by atoms with E-state index >= 15 is 0 Å². The largest absolute Gasteiger partial charge is 0.326 e. The summed E-state index contributed by atoms with van der Waals surface area (Å²) in [6, 6.07) is 18.7. The molecule has 150 valence electrons. The second kappa shape index (κ2) is 8.68. The number of sulfonamides is 1. The second-order valence-corrected chi connectivity index (χ2v) is 8.92. The molecule has 0 atom stereocenters. The third-order valence-electron chi connectivity index (χ3n) is 4.36. The van der Waals surface area contributed by atoms with Crippen LogP contribution < -0.4 is 10.0 Å². The highest BCUT2D eigenvalue weighted by molar-refractivity contribution is 7.92. The highest BCUT2D eigenvalue weighted by atomic mass is 35.5. The Bertz CT molecular complexity index is 1130. The zero-order valence-electron chi connectivity index (χ0n) is 16.1. The zero-order valence-corrected chi connectivity index (χ0v) is 17.6. The smallest absolute Gasteiger partial charge is 0.261 e. The van der Waals surface area contributed by atoms with Gasteiger partial charge in [-0.15, -0.1) is 0 Å². The summed E-state index contributed by atoms with van der Waals surface area (Å²) < 4.78 is 27.9. The summed E-state index contributed by atoms with van der Waals surface area (Å²) in [6.07, 6.45) is 0.200. The molecule has 0 aliphatic heterocycles. The van der Waals surface area contributed by atoms with Gasteiger partial charge in [-0.1, -0.05) is 35.9 Å². The molecule has 1 amide bonds. The number of rotatable bonds is 6. The summed E-state index contributed by atoms with van der Waals surface area (Å²) >= 11 is 5.84. The predicted octanol–water partition coefficient (Wildman–Crippen LogP) is 4.94. The molecule has 0 unspecified atom stereocenters. The molecule has 0 radical (unpaired) electrons. The molecule has 3 aromatic carbocycles. The lowest BCUT2D eigenvalue weighted by Gasteiger charge is -2.12. The number of carbonyl (C=O) groups excluding carboxylic acids is 1. The van der Waals surface area contributed by atoms with Crippen LogP contribution in [0.2, 0.25) is 5.02 Å². The van der Waals surface area contributed by atoms with Crippen LogP contribution in [0.15, 0.2) is 71.6 Å². The molecule has 0 saturated heterocycles. The first kappa shape index (κ1) is 20.9. The normalized spacial score (nSPS) is 11.1. The van der Waals surface area contributed by atoms with Gasteiger partial charge in [-0.2, -0.15) is 0 Å². The topological polar surface area (TPSA) is 75.3 Å². The van der Waals surface area contributed by atoms with Crippen molar-refractivity contribution in [1.82, 2.24) is 0 Å². The minimum atomic E-state index is -3.73. The number of carbonyl (C=O) groups is 1. The number of amides is 1. The molecular formula is C22H21ClN2O3S. The second-order valence-electron chi connectivity index (χ2n) is 6.80. The Hall–Kier alpha value is -2.83. The van der Waals surface area contributed by atoms with Gasteiger partial charge in [0.25, 0.3) is 10.0 Å². The lowest BCUT2D eigenvalue weighted by atomic mass is 10.1. The van der Waals surface area contributed by atoms with Crippen LogP contribution >= 0.6 is 11.6 Å². The van der Waals surface area contributed by atoms with Crippen LogP contribution in [0.4, 0.5) is 11.4 Å². The van der Waals surface area contributed by atoms with Gasteiger partial charge in [0.1, 0.15) is 0 Å². The van der Waals surface area contributed by atoms with Gasteiger partial charge < -0.3 is 5.32 Å². The summed E-state index contributed by atoms with van der Waals surface area (Å²) in [5, 5.41) is 3.37. The number of halogens is 1.